The number of rotatable bonds is 6. The summed E-state index contributed by atoms with van der Waals surface area (Å²) in [7, 11) is 2.96. The molecule has 0 aliphatic carbocycles. The molecular formula is C21H22F2N4O5. The number of carbonyl (C=O) groups is 1. The van der Waals surface area contributed by atoms with Crippen LogP contribution in [0.5, 0.6) is 5.75 Å². The minimum Gasteiger partial charge on any atom is -0.504 e. The van der Waals surface area contributed by atoms with Crippen molar-refractivity contribution in [2.45, 2.75) is 37.8 Å². The zero-order valence-electron chi connectivity index (χ0n) is 17.9. The Labute approximate surface area is 182 Å². The molecule has 32 heavy (non-hydrogen) atoms. The SMILES string of the molecule is CC#CC(Nc1c(Nc2ccnc(C(=O)N(C)C)c2O)c(=O)c1=O)C1(C)CC(F)(F)CO1. The molecule has 1 amide bonds. The maximum Gasteiger partial charge on any atom is 0.275 e. The average molecular weight is 448 g/mol. The van der Waals surface area contributed by atoms with Gasteiger partial charge in [-0.05, 0) is 19.9 Å². The lowest BCUT2D eigenvalue weighted by atomic mass is 9.91. The van der Waals surface area contributed by atoms with Gasteiger partial charge >= 0.3 is 0 Å². The second kappa shape index (κ2) is 8.20. The molecular weight excluding hydrogens is 426 g/mol. The molecule has 1 saturated heterocycles. The van der Waals surface area contributed by atoms with Crippen molar-refractivity contribution in [3.63, 3.8) is 0 Å². The zero-order valence-corrected chi connectivity index (χ0v) is 17.9. The molecule has 1 aromatic heterocycles. The molecule has 2 unspecified atom stereocenters. The molecule has 0 bridgehead atoms. The highest BCUT2D eigenvalue weighted by molar-refractivity contribution is 5.97. The number of anilines is 3. The fourth-order valence-corrected chi connectivity index (χ4v) is 3.41. The van der Waals surface area contributed by atoms with Crippen molar-refractivity contribution in [2.75, 3.05) is 31.3 Å². The number of nitrogens with one attached hydrogen (secondary N) is 2. The lowest BCUT2D eigenvalue weighted by Crippen LogP contribution is -2.47. The number of aromatic nitrogens is 1. The first-order valence-corrected chi connectivity index (χ1v) is 9.61. The van der Waals surface area contributed by atoms with E-state index in [1.54, 1.807) is 0 Å². The molecule has 3 N–H and O–H groups in total. The highest BCUT2D eigenvalue weighted by Crippen LogP contribution is 2.40. The van der Waals surface area contributed by atoms with Gasteiger partial charge in [0.1, 0.15) is 29.6 Å². The largest absolute Gasteiger partial charge is 0.504 e. The summed E-state index contributed by atoms with van der Waals surface area (Å²) < 4.78 is 32.8. The fourth-order valence-electron chi connectivity index (χ4n) is 3.41. The van der Waals surface area contributed by atoms with Gasteiger partial charge < -0.3 is 25.4 Å². The van der Waals surface area contributed by atoms with Crippen molar-refractivity contribution >= 4 is 23.0 Å². The number of aromatic hydroxyl groups is 1. The highest BCUT2D eigenvalue weighted by Gasteiger charge is 2.52. The van der Waals surface area contributed by atoms with Gasteiger partial charge in [-0.25, -0.2) is 13.8 Å². The molecule has 2 atom stereocenters. The van der Waals surface area contributed by atoms with E-state index >= 15 is 0 Å². The third-order valence-corrected chi connectivity index (χ3v) is 5.11. The van der Waals surface area contributed by atoms with Gasteiger partial charge in [0, 0.05) is 26.7 Å². The van der Waals surface area contributed by atoms with Crippen LogP contribution in [0.25, 0.3) is 0 Å². The van der Waals surface area contributed by atoms with E-state index < -0.39 is 53.1 Å². The van der Waals surface area contributed by atoms with Gasteiger partial charge in [-0.2, -0.15) is 0 Å². The van der Waals surface area contributed by atoms with E-state index in [2.05, 4.69) is 27.5 Å². The van der Waals surface area contributed by atoms with E-state index in [9.17, 15) is 28.3 Å². The molecule has 170 valence electrons. The number of nitrogens with zero attached hydrogens (tertiary/aromatic N) is 2. The quantitative estimate of drug-likeness (QED) is 0.449. The topological polar surface area (TPSA) is 121 Å². The Hall–Kier alpha value is -3.52. The second-order valence-corrected chi connectivity index (χ2v) is 7.89. The molecule has 11 heteroatoms. The summed E-state index contributed by atoms with van der Waals surface area (Å²) in [4.78, 5) is 41.6. The first-order chi connectivity index (χ1) is 14.9. The van der Waals surface area contributed by atoms with Crippen LogP contribution in [0.15, 0.2) is 21.9 Å². The van der Waals surface area contributed by atoms with Gasteiger partial charge in [0.25, 0.3) is 22.7 Å². The molecule has 1 aliphatic rings. The van der Waals surface area contributed by atoms with Crippen LogP contribution in [0, 0.1) is 11.8 Å². The molecule has 0 spiro atoms. The van der Waals surface area contributed by atoms with Crippen LogP contribution in [0.1, 0.15) is 30.8 Å². The highest BCUT2D eigenvalue weighted by atomic mass is 19.3. The van der Waals surface area contributed by atoms with E-state index in [1.165, 1.54) is 45.1 Å². The smallest absolute Gasteiger partial charge is 0.275 e. The Morgan fingerprint density at radius 1 is 1.31 bits per heavy atom. The van der Waals surface area contributed by atoms with Gasteiger partial charge in [-0.3, -0.25) is 14.4 Å². The van der Waals surface area contributed by atoms with E-state index in [1.807, 2.05) is 0 Å². The lowest BCUT2D eigenvalue weighted by Gasteiger charge is -2.31. The van der Waals surface area contributed by atoms with E-state index in [-0.39, 0.29) is 22.8 Å². The van der Waals surface area contributed by atoms with Crippen LogP contribution in [-0.4, -0.2) is 59.2 Å². The number of ether oxygens (including phenoxy) is 1. The van der Waals surface area contributed by atoms with Gasteiger partial charge in [0.15, 0.2) is 11.4 Å². The van der Waals surface area contributed by atoms with Gasteiger partial charge in [0.2, 0.25) is 0 Å². The summed E-state index contributed by atoms with van der Waals surface area (Å²) in [6.07, 6.45) is 0.629. The molecule has 1 fully saturated rings. The number of carbonyl (C=O) groups excluding carboxylic acids is 1. The molecule has 0 radical (unpaired) electrons. The molecule has 0 saturated carbocycles. The third-order valence-electron chi connectivity index (χ3n) is 5.11. The number of amides is 1. The molecule has 1 aliphatic heterocycles. The Bertz CT molecular complexity index is 1190. The summed E-state index contributed by atoms with van der Waals surface area (Å²) in [5, 5.41) is 15.8. The van der Waals surface area contributed by atoms with E-state index in [0.717, 1.165) is 0 Å². The maximum absolute atomic E-state index is 13.8. The number of hydrogen-bond donors (Lipinski definition) is 3. The van der Waals surface area contributed by atoms with Crippen LogP contribution in [0.2, 0.25) is 0 Å². The van der Waals surface area contributed by atoms with Gasteiger partial charge in [0.05, 0.1) is 5.69 Å². The molecule has 2 heterocycles. The normalized spacial score (nSPS) is 20.3. The molecule has 3 rings (SSSR count). The van der Waals surface area contributed by atoms with Crippen LogP contribution in [0.3, 0.4) is 0 Å². The standard InChI is InChI=1S/C21H22F2N4O5/c1-5-6-12(20(2)9-21(22,23)10-32-20)26-14-13(17(29)18(14)30)25-11-7-8-24-15(16(11)28)19(31)27(3)4/h7-8,12,26,28H,9-10H2,1-4H3,(H,24,25). The predicted octanol–water partition coefficient (Wildman–Crippen LogP) is 1.45. The Balaban J connectivity index is 1.92. The Morgan fingerprint density at radius 2 is 1.97 bits per heavy atom. The first-order valence-electron chi connectivity index (χ1n) is 9.61. The minimum atomic E-state index is -3.04. The van der Waals surface area contributed by atoms with Crippen LogP contribution in [0.4, 0.5) is 25.8 Å². The van der Waals surface area contributed by atoms with Crippen LogP contribution < -0.4 is 21.5 Å². The summed E-state index contributed by atoms with van der Waals surface area (Å²) in [6, 6.07) is 0.301. The summed E-state index contributed by atoms with van der Waals surface area (Å²) in [5.74, 6) is 1.20. The Morgan fingerprint density at radius 3 is 2.53 bits per heavy atom. The number of alkyl halides is 2. The van der Waals surface area contributed by atoms with Crippen molar-refractivity contribution in [3.8, 4) is 17.6 Å². The lowest BCUT2D eigenvalue weighted by molar-refractivity contribution is -0.0205. The monoisotopic (exact) mass is 448 g/mol. The fraction of sp³-hybridized carbons (Fsp3) is 0.429. The van der Waals surface area contributed by atoms with Crippen LogP contribution in [-0.2, 0) is 4.74 Å². The Kier molecular flexibility index (Phi) is 5.93. The van der Waals surface area contributed by atoms with Crippen molar-refractivity contribution < 1.29 is 23.4 Å². The number of hydrogen-bond acceptors (Lipinski definition) is 8. The molecule has 1 aromatic carbocycles. The molecule has 9 nitrogen and oxygen atoms in total. The predicted molar refractivity (Wildman–Crippen MR) is 113 cm³/mol. The van der Waals surface area contributed by atoms with Crippen LogP contribution >= 0.6 is 0 Å². The number of halogens is 2. The third kappa shape index (κ3) is 4.13. The van der Waals surface area contributed by atoms with Gasteiger partial charge in [-0.1, -0.05) is 5.92 Å². The van der Waals surface area contributed by atoms with E-state index in [0.29, 0.717) is 0 Å². The molecule has 2 aromatic rings. The summed E-state index contributed by atoms with van der Waals surface area (Å²) >= 11 is 0. The zero-order chi connectivity index (χ0) is 23.8. The average Bonchev–Trinajstić information content (AvgIpc) is 3.03. The van der Waals surface area contributed by atoms with Crippen molar-refractivity contribution in [1.29, 1.82) is 0 Å². The summed E-state index contributed by atoms with van der Waals surface area (Å²) in [6.45, 7) is 2.17. The van der Waals surface area contributed by atoms with Gasteiger partial charge in [-0.15, -0.1) is 5.92 Å². The second-order valence-electron chi connectivity index (χ2n) is 7.89. The van der Waals surface area contributed by atoms with Crippen molar-refractivity contribution in [3.05, 3.63) is 38.4 Å². The van der Waals surface area contributed by atoms with E-state index in [4.69, 9.17) is 4.74 Å². The summed E-state index contributed by atoms with van der Waals surface area (Å²) in [5.41, 5.74) is -3.83. The maximum atomic E-state index is 13.8. The minimum absolute atomic E-state index is 0.0339. The first kappa shape index (κ1) is 23.1. The van der Waals surface area contributed by atoms with Crippen molar-refractivity contribution in [1.82, 2.24) is 9.88 Å². The number of pyridine rings is 1. The van der Waals surface area contributed by atoms with Crippen molar-refractivity contribution in [2.24, 2.45) is 0 Å².